The number of aromatic amines is 1. The number of aromatic nitrogens is 3. The molecule has 1 aliphatic heterocycles. The van der Waals surface area contributed by atoms with Crippen molar-refractivity contribution in [1.82, 2.24) is 25.4 Å². The number of hydrogen-bond acceptors (Lipinski definition) is 4. The second-order valence-corrected chi connectivity index (χ2v) is 7.75. The fourth-order valence-corrected chi connectivity index (χ4v) is 3.81. The van der Waals surface area contributed by atoms with Crippen LogP contribution in [0.5, 0.6) is 0 Å². The van der Waals surface area contributed by atoms with E-state index in [-0.39, 0.29) is 17.7 Å². The number of likely N-dealkylation sites (tertiary alicyclic amines) is 1. The summed E-state index contributed by atoms with van der Waals surface area (Å²) in [5.41, 5.74) is 3.04. The van der Waals surface area contributed by atoms with E-state index in [2.05, 4.69) is 20.5 Å². The molecule has 0 atom stereocenters. The van der Waals surface area contributed by atoms with Gasteiger partial charge in [-0.2, -0.15) is 5.10 Å². The highest BCUT2D eigenvalue weighted by atomic mass is 35.5. The third kappa shape index (κ3) is 4.68. The number of hydrogen-bond donors (Lipinski definition) is 2. The standard InChI is InChI=1S/C22H22ClN5O2/c23-18-3-1-2-15(12-18)14-25-21(29)17-6-10-28(11-7-17)22(30)20-13-19(26-27-20)16-4-8-24-9-5-16/h1-5,8-9,12-13,17H,6-7,10-11,14H2,(H,25,29)(H,26,27). The van der Waals surface area contributed by atoms with Crippen LogP contribution in [-0.2, 0) is 11.3 Å². The summed E-state index contributed by atoms with van der Waals surface area (Å²) in [5.74, 6) is -0.203. The van der Waals surface area contributed by atoms with Crippen LogP contribution in [0.1, 0.15) is 28.9 Å². The van der Waals surface area contributed by atoms with Crippen LogP contribution in [0.15, 0.2) is 54.9 Å². The fraction of sp³-hybridized carbons (Fsp3) is 0.273. The number of benzene rings is 1. The lowest BCUT2D eigenvalue weighted by molar-refractivity contribution is -0.126. The van der Waals surface area contributed by atoms with E-state index in [0.717, 1.165) is 16.8 Å². The minimum absolute atomic E-state index is 0.0156. The molecule has 30 heavy (non-hydrogen) atoms. The molecule has 0 radical (unpaired) electrons. The molecule has 1 fully saturated rings. The predicted octanol–water partition coefficient (Wildman–Crippen LogP) is 3.29. The van der Waals surface area contributed by atoms with Gasteiger partial charge in [0.1, 0.15) is 0 Å². The minimum Gasteiger partial charge on any atom is -0.352 e. The van der Waals surface area contributed by atoms with Crippen LogP contribution < -0.4 is 5.32 Å². The van der Waals surface area contributed by atoms with Crippen LogP contribution in [0.3, 0.4) is 0 Å². The van der Waals surface area contributed by atoms with Crippen LogP contribution in [0.2, 0.25) is 5.02 Å². The zero-order chi connectivity index (χ0) is 20.9. The number of carbonyl (C=O) groups excluding carboxylic acids is 2. The first-order valence-electron chi connectivity index (χ1n) is 9.87. The van der Waals surface area contributed by atoms with Crippen molar-refractivity contribution in [1.29, 1.82) is 0 Å². The Morgan fingerprint density at radius 2 is 1.90 bits per heavy atom. The summed E-state index contributed by atoms with van der Waals surface area (Å²) in [5, 5.41) is 10.7. The van der Waals surface area contributed by atoms with Crippen molar-refractivity contribution in [3.8, 4) is 11.3 Å². The van der Waals surface area contributed by atoms with Crippen molar-refractivity contribution in [2.45, 2.75) is 19.4 Å². The van der Waals surface area contributed by atoms with Crippen molar-refractivity contribution in [3.05, 3.63) is 71.1 Å². The molecule has 2 N–H and O–H groups in total. The Labute approximate surface area is 179 Å². The molecule has 2 aromatic heterocycles. The van der Waals surface area contributed by atoms with Crippen LogP contribution in [0.4, 0.5) is 0 Å². The number of nitrogens with zero attached hydrogens (tertiary/aromatic N) is 3. The molecular weight excluding hydrogens is 402 g/mol. The molecule has 3 heterocycles. The second-order valence-electron chi connectivity index (χ2n) is 7.32. The third-order valence-corrected chi connectivity index (χ3v) is 5.53. The van der Waals surface area contributed by atoms with Gasteiger partial charge in [0.2, 0.25) is 5.91 Å². The highest BCUT2D eigenvalue weighted by molar-refractivity contribution is 6.30. The maximum absolute atomic E-state index is 12.8. The molecule has 0 spiro atoms. The van der Waals surface area contributed by atoms with E-state index in [1.807, 2.05) is 30.3 Å². The molecule has 0 unspecified atom stereocenters. The first-order valence-corrected chi connectivity index (χ1v) is 10.2. The van der Waals surface area contributed by atoms with Gasteiger partial charge in [0.05, 0.1) is 5.69 Å². The largest absolute Gasteiger partial charge is 0.352 e. The molecule has 1 aliphatic rings. The smallest absolute Gasteiger partial charge is 0.274 e. The maximum Gasteiger partial charge on any atom is 0.274 e. The number of piperidine rings is 1. The fourth-order valence-electron chi connectivity index (χ4n) is 3.60. The number of H-pyrrole nitrogens is 1. The molecule has 0 saturated carbocycles. The summed E-state index contributed by atoms with van der Waals surface area (Å²) < 4.78 is 0. The summed E-state index contributed by atoms with van der Waals surface area (Å²) >= 11 is 5.98. The van der Waals surface area contributed by atoms with Gasteiger partial charge in [0.15, 0.2) is 5.69 Å². The SMILES string of the molecule is O=C(NCc1cccc(Cl)c1)C1CCN(C(=O)c2cc(-c3ccncc3)[nH]n2)CC1. The zero-order valence-corrected chi connectivity index (χ0v) is 17.1. The molecule has 1 aromatic carbocycles. The van der Waals surface area contributed by atoms with E-state index in [1.165, 1.54) is 0 Å². The van der Waals surface area contributed by atoms with E-state index in [1.54, 1.807) is 29.4 Å². The van der Waals surface area contributed by atoms with Crippen molar-refractivity contribution >= 4 is 23.4 Å². The Balaban J connectivity index is 1.29. The van der Waals surface area contributed by atoms with Gasteiger partial charge in [0.25, 0.3) is 5.91 Å². The average molecular weight is 424 g/mol. The topological polar surface area (TPSA) is 91.0 Å². The number of amides is 2. The Morgan fingerprint density at radius 3 is 2.63 bits per heavy atom. The molecule has 0 aliphatic carbocycles. The number of rotatable bonds is 5. The lowest BCUT2D eigenvalue weighted by Crippen LogP contribution is -2.43. The van der Waals surface area contributed by atoms with Gasteiger partial charge in [-0.3, -0.25) is 19.7 Å². The van der Waals surface area contributed by atoms with E-state index in [4.69, 9.17) is 11.6 Å². The first kappa shape index (κ1) is 20.1. The van der Waals surface area contributed by atoms with Crippen molar-refractivity contribution < 1.29 is 9.59 Å². The van der Waals surface area contributed by atoms with E-state index in [0.29, 0.717) is 43.2 Å². The second kappa shape index (κ2) is 9.09. The Bertz CT molecular complexity index is 1030. The third-order valence-electron chi connectivity index (χ3n) is 5.30. The van der Waals surface area contributed by atoms with E-state index >= 15 is 0 Å². The van der Waals surface area contributed by atoms with Crippen LogP contribution in [0, 0.1) is 5.92 Å². The van der Waals surface area contributed by atoms with Gasteiger partial charge in [-0.1, -0.05) is 23.7 Å². The number of nitrogens with one attached hydrogen (secondary N) is 2. The first-order chi connectivity index (χ1) is 14.6. The lowest BCUT2D eigenvalue weighted by Gasteiger charge is -2.30. The van der Waals surface area contributed by atoms with Gasteiger partial charge in [0, 0.05) is 48.5 Å². The minimum atomic E-state index is -0.121. The Morgan fingerprint density at radius 1 is 1.13 bits per heavy atom. The van der Waals surface area contributed by atoms with Crippen LogP contribution in [0.25, 0.3) is 11.3 Å². The van der Waals surface area contributed by atoms with E-state index < -0.39 is 0 Å². The Hall–Kier alpha value is -3.19. The van der Waals surface area contributed by atoms with Crippen molar-refractivity contribution in [3.63, 3.8) is 0 Å². The van der Waals surface area contributed by atoms with Gasteiger partial charge >= 0.3 is 0 Å². The average Bonchev–Trinajstić information content (AvgIpc) is 3.28. The zero-order valence-electron chi connectivity index (χ0n) is 16.3. The molecule has 4 rings (SSSR count). The predicted molar refractivity (Wildman–Crippen MR) is 114 cm³/mol. The quantitative estimate of drug-likeness (QED) is 0.658. The molecule has 3 aromatic rings. The van der Waals surface area contributed by atoms with Gasteiger partial charge in [-0.05, 0) is 48.7 Å². The summed E-state index contributed by atoms with van der Waals surface area (Å²) in [7, 11) is 0. The highest BCUT2D eigenvalue weighted by Crippen LogP contribution is 2.21. The van der Waals surface area contributed by atoms with E-state index in [9.17, 15) is 9.59 Å². The lowest BCUT2D eigenvalue weighted by atomic mass is 9.95. The number of halogens is 1. The number of carbonyl (C=O) groups is 2. The van der Waals surface area contributed by atoms with Crippen molar-refractivity contribution in [2.75, 3.05) is 13.1 Å². The van der Waals surface area contributed by atoms with Gasteiger partial charge in [-0.15, -0.1) is 0 Å². The highest BCUT2D eigenvalue weighted by Gasteiger charge is 2.28. The molecule has 154 valence electrons. The van der Waals surface area contributed by atoms with Gasteiger partial charge in [-0.25, -0.2) is 0 Å². The summed E-state index contributed by atoms with van der Waals surface area (Å²) in [6, 6.07) is 12.9. The summed E-state index contributed by atoms with van der Waals surface area (Å²) in [4.78, 5) is 31.0. The maximum atomic E-state index is 12.8. The normalized spacial score (nSPS) is 14.5. The van der Waals surface area contributed by atoms with Crippen molar-refractivity contribution in [2.24, 2.45) is 5.92 Å². The monoisotopic (exact) mass is 423 g/mol. The molecule has 2 amide bonds. The molecule has 1 saturated heterocycles. The van der Waals surface area contributed by atoms with Crippen LogP contribution in [-0.4, -0.2) is 45.0 Å². The molecule has 8 heteroatoms. The van der Waals surface area contributed by atoms with Crippen LogP contribution >= 0.6 is 11.6 Å². The number of pyridine rings is 1. The summed E-state index contributed by atoms with van der Waals surface area (Å²) in [6.07, 6.45) is 4.66. The summed E-state index contributed by atoms with van der Waals surface area (Å²) in [6.45, 7) is 1.51. The Kier molecular flexibility index (Phi) is 6.09. The van der Waals surface area contributed by atoms with Gasteiger partial charge < -0.3 is 10.2 Å². The molecule has 0 bridgehead atoms. The molecular formula is C22H22ClN5O2. The molecule has 7 nitrogen and oxygen atoms in total.